The Balaban J connectivity index is 2.20. The summed E-state index contributed by atoms with van der Waals surface area (Å²) in [5, 5.41) is 18.0. The van der Waals surface area contributed by atoms with Gasteiger partial charge in [-0.2, -0.15) is 10.1 Å². The third kappa shape index (κ3) is 2.08. The lowest BCUT2D eigenvalue weighted by molar-refractivity contribution is -0.384. The number of allylic oxidation sites excluding steroid dienone is 1. The first-order valence-corrected chi connectivity index (χ1v) is 6.40. The van der Waals surface area contributed by atoms with Crippen molar-refractivity contribution in [1.82, 2.24) is 14.8 Å². The van der Waals surface area contributed by atoms with Crippen LogP contribution in [-0.2, 0) is 4.79 Å². The average molecular weight is 300 g/mol. The number of nitro groups is 1. The second-order valence-corrected chi connectivity index (χ2v) is 4.81. The van der Waals surface area contributed by atoms with Crippen molar-refractivity contribution in [2.75, 3.05) is 5.32 Å². The molecule has 1 aliphatic heterocycles. The van der Waals surface area contributed by atoms with Gasteiger partial charge >= 0.3 is 0 Å². The van der Waals surface area contributed by atoms with Crippen molar-refractivity contribution in [3.05, 3.63) is 57.5 Å². The molecule has 1 aliphatic rings. The van der Waals surface area contributed by atoms with Gasteiger partial charge in [0.1, 0.15) is 12.4 Å². The molecule has 22 heavy (non-hydrogen) atoms. The number of hydrogen-bond acceptors (Lipinski definition) is 6. The average Bonchev–Trinajstić information content (AvgIpc) is 2.93. The van der Waals surface area contributed by atoms with Crippen LogP contribution in [0.15, 0.2) is 41.9 Å². The summed E-state index contributed by atoms with van der Waals surface area (Å²) in [7, 11) is 0. The number of anilines is 1. The molecule has 0 radical (unpaired) electrons. The summed E-state index contributed by atoms with van der Waals surface area (Å²) in [5.41, 5.74) is 6.78. The van der Waals surface area contributed by atoms with Crippen molar-refractivity contribution in [2.45, 2.75) is 13.0 Å². The van der Waals surface area contributed by atoms with Crippen LogP contribution in [-0.4, -0.2) is 25.6 Å². The van der Waals surface area contributed by atoms with Gasteiger partial charge in [-0.3, -0.25) is 14.9 Å². The number of aromatic nitrogens is 3. The number of non-ortho nitro benzene ring substituents is 1. The maximum absolute atomic E-state index is 11.8. The number of nitrogens with two attached hydrogens (primary N) is 1. The molecule has 1 aromatic carbocycles. The maximum atomic E-state index is 11.8. The highest BCUT2D eigenvalue weighted by Gasteiger charge is 2.32. The molecule has 9 heteroatoms. The fourth-order valence-electron chi connectivity index (χ4n) is 2.53. The molecule has 0 saturated heterocycles. The number of fused-ring (bicyclic) bond motifs is 1. The van der Waals surface area contributed by atoms with Gasteiger partial charge in [0, 0.05) is 17.8 Å². The van der Waals surface area contributed by atoms with Crippen LogP contribution in [0.4, 0.5) is 11.6 Å². The van der Waals surface area contributed by atoms with Crippen LogP contribution in [0.3, 0.4) is 0 Å². The molecule has 0 aliphatic carbocycles. The van der Waals surface area contributed by atoms with E-state index in [4.69, 9.17) is 5.73 Å². The van der Waals surface area contributed by atoms with Crippen LogP contribution in [0.5, 0.6) is 0 Å². The smallest absolute Gasteiger partial charge is 0.269 e. The highest BCUT2D eigenvalue weighted by atomic mass is 16.6. The Hall–Kier alpha value is -3.23. The molecule has 112 valence electrons. The molecule has 2 aromatic rings. The number of carbonyl (C=O) groups excluding carboxylic acids is 1. The zero-order chi connectivity index (χ0) is 15.9. The monoisotopic (exact) mass is 300 g/mol. The summed E-state index contributed by atoms with van der Waals surface area (Å²) in [6.07, 6.45) is 1.34. The number of carbonyl (C=O) groups is 1. The van der Waals surface area contributed by atoms with Gasteiger partial charge in [0.05, 0.1) is 10.5 Å². The largest absolute Gasteiger partial charge is 0.366 e. The fourth-order valence-corrected chi connectivity index (χ4v) is 2.53. The maximum Gasteiger partial charge on any atom is 0.269 e. The SMILES string of the molecule is CC1=C(C(N)=O)[C@@H](c2cccc([N+](=O)[O-])c2)n2ncnc2N1. The van der Waals surface area contributed by atoms with Crippen LogP contribution < -0.4 is 11.1 Å². The summed E-state index contributed by atoms with van der Waals surface area (Å²) >= 11 is 0. The van der Waals surface area contributed by atoms with E-state index >= 15 is 0 Å². The zero-order valence-corrected chi connectivity index (χ0v) is 11.6. The Morgan fingerprint density at radius 1 is 1.50 bits per heavy atom. The third-order valence-corrected chi connectivity index (χ3v) is 3.46. The lowest BCUT2D eigenvalue weighted by Crippen LogP contribution is -2.31. The molecule has 9 nitrogen and oxygen atoms in total. The summed E-state index contributed by atoms with van der Waals surface area (Å²) < 4.78 is 1.48. The summed E-state index contributed by atoms with van der Waals surface area (Å²) in [5.74, 6) is -0.179. The Labute approximate surface area is 124 Å². The van der Waals surface area contributed by atoms with Gasteiger partial charge in [0.25, 0.3) is 5.69 Å². The predicted octanol–water partition coefficient (Wildman–Crippen LogP) is 0.960. The number of hydrogen-bond donors (Lipinski definition) is 2. The highest BCUT2D eigenvalue weighted by molar-refractivity contribution is 5.95. The van der Waals surface area contributed by atoms with Crippen LogP contribution in [0, 0.1) is 10.1 Å². The number of rotatable bonds is 3. The molecule has 0 saturated carbocycles. The molecule has 1 aromatic heterocycles. The molecule has 3 N–H and O–H groups in total. The molecule has 0 unspecified atom stereocenters. The molecule has 0 bridgehead atoms. The Morgan fingerprint density at radius 3 is 2.95 bits per heavy atom. The standard InChI is InChI=1S/C13H12N6O3/c1-7-10(12(14)20)11(18-13(17-7)15-6-16-18)8-3-2-4-9(5-8)19(21)22/h2-6,11H,1H3,(H2,14,20)(H,15,16,17)/t11-/m1/s1. The van der Waals surface area contributed by atoms with Crippen molar-refractivity contribution >= 4 is 17.5 Å². The minimum absolute atomic E-state index is 0.0702. The number of nitrogens with one attached hydrogen (secondary N) is 1. The van der Waals surface area contributed by atoms with Crippen molar-refractivity contribution in [3.8, 4) is 0 Å². The van der Waals surface area contributed by atoms with Gasteiger partial charge < -0.3 is 11.1 Å². The van der Waals surface area contributed by atoms with E-state index in [9.17, 15) is 14.9 Å². The lowest BCUT2D eigenvalue weighted by Gasteiger charge is -2.27. The van der Waals surface area contributed by atoms with Gasteiger partial charge in [0.2, 0.25) is 11.9 Å². The van der Waals surface area contributed by atoms with Crippen LogP contribution >= 0.6 is 0 Å². The van der Waals surface area contributed by atoms with Crippen LogP contribution in [0.2, 0.25) is 0 Å². The Morgan fingerprint density at radius 2 is 2.27 bits per heavy atom. The van der Waals surface area contributed by atoms with E-state index in [1.54, 1.807) is 19.1 Å². The first-order valence-electron chi connectivity index (χ1n) is 6.40. The van der Waals surface area contributed by atoms with Crippen molar-refractivity contribution in [1.29, 1.82) is 0 Å². The molecule has 1 amide bonds. The minimum atomic E-state index is -0.656. The molecule has 0 spiro atoms. The van der Waals surface area contributed by atoms with Crippen LogP contribution in [0.25, 0.3) is 0 Å². The van der Waals surface area contributed by atoms with E-state index in [0.717, 1.165) is 0 Å². The van der Waals surface area contributed by atoms with Crippen LogP contribution in [0.1, 0.15) is 18.5 Å². The number of nitro benzene ring substituents is 1. The minimum Gasteiger partial charge on any atom is -0.366 e. The van der Waals surface area contributed by atoms with Gasteiger partial charge in [-0.25, -0.2) is 4.68 Å². The fraction of sp³-hybridized carbons (Fsp3) is 0.154. The van der Waals surface area contributed by atoms with E-state index in [2.05, 4.69) is 15.4 Å². The molecule has 3 rings (SSSR count). The molecular formula is C13H12N6O3. The molecule has 2 heterocycles. The van der Waals surface area contributed by atoms with Gasteiger partial charge in [-0.05, 0) is 12.5 Å². The lowest BCUT2D eigenvalue weighted by atomic mass is 9.95. The van der Waals surface area contributed by atoms with E-state index in [0.29, 0.717) is 22.8 Å². The Kier molecular flexibility index (Phi) is 3.09. The van der Waals surface area contributed by atoms with E-state index in [1.165, 1.54) is 23.1 Å². The number of amides is 1. The van der Waals surface area contributed by atoms with Crippen molar-refractivity contribution in [3.63, 3.8) is 0 Å². The van der Waals surface area contributed by atoms with Gasteiger partial charge in [-0.15, -0.1) is 0 Å². The van der Waals surface area contributed by atoms with Gasteiger partial charge in [-0.1, -0.05) is 12.1 Å². The van der Waals surface area contributed by atoms with Crippen molar-refractivity contribution < 1.29 is 9.72 Å². The second kappa shape index (κ2) is 4.95. The zero-order valence-electron chi connectivity index (χ0n) is 11.6. The first kappa shape index (κ1) is 13.7. The number of nitrogens with zero attached hydrogens (tertiary/aromatic N) is 4. The summed E-state index contributed by atoms with van der Waals surface area (Å²) in [6.45, 7) is 1.70. The Bertz CT molecular complexity index is 810. The van der Waals surface area contributed by atoms with Crippen molar-refractivity contribution in [2.24, 2.45) is 5.73 Å². The summed E-state index contributed by atoms with van der Waals surface area (Å²) in [4.78, 5) is 26.4. The highest BCUT2D eigenvalue weighted by Crippen LogP contribution is 2.35. The number of benzene rings is 1. The topological polar surface area (TPSA) is 129 Å². The molecule has 1 atom stereocenters. The first-order chi connectivity index (χ1) is 10.5. The number of primary amides is 1. The molecular weight excluding hydrogens is 288 g/mol. The van der Waals surface area contributed by atoms with E-state index in [-0.39, 0.29) is 5.69 Å². The molecule has 0 fully saturated rings. The van der Waals surface area contributed by atoms with Gasteiger partial charge in [0.15, 0.2) is 0 Å². The predicted molar refractivity (Wildman–Crippen MR) is 76.8 cm³/mol. The quantitative estimate of drug-likeness (QED) is 0.641. The van der Waals surface area contributed by atoms with E-state index < -0.39 is 16.9 Å². The van der Waals surface area contributed by atoms with E-state index in [1.807, 2.05) is 0 Å². The summed E-state index contributed by atoms with van der Waals surface area (Å²) in [6, 6.07) is 5.37. The third-order valence-electron chi connectivity index (χ3n) is 3.46. The second-order valence-electron chi connectivity index (χ2n) is 4.81. The normalized spacial score (nSPS) is 16.9.